The lowest BCUT2D eigenvalue weighted by atomic mass is 10.1. The van der Waals surface area contributed by atoms with E-state index in [1.54, 1.807) is 4.90 Å². The summed E-state index contributed by atoms with van der Waals surface area (Å²) in [5.74, 6) is 1.03. The maximum Gasteiger partial charge on any atom is 0.271 e. The molecule has 0 N–H and O–H groups in total. The summed E-state index contributed by atoms with van der Waals surface area (Å²) in [7, 11) is 1.81. The first-order valence-corrected chi connectivity index (χ1v) is 8.93. The number of rotatable bonds is 6. The van der Waals surface area contributed by atoms with Crippen molar-refractivity contribution in [1.82, 2.24) is 4.90 Å². The van der Waals surface area contributed by atoms with Crippen molar-refractivity contribution in [1.29, 1.82) is 0 Å². The van der Waals surface area contributed by atoms with Crippen LogP contribution < -0.4 is 9.64 Å². The summed E-state index contributed by atoms with van der Waals surface area (Å²) in [6, 6.07) is 4.34. The minimum atomic E-state index is -0.526. The lowest BCUT2D eigenvalue weighted by Gasteiger charge is -2.33. The van der Waals surface area contributed by atoms with E-state index in [-0.39, 0.29) is 42.4 Å². The molecule has 2 saturated carbocycles. The molecule has 1 aromatic carbocycles. The summed E-state index contributed by atoms with van der Waals surface area (Å²) in [6.45, 7) is -0.292. The van der Waals surface area contributed by atoms with Gasteiger partial charge in [0.1, 0.15) is 12.3 Å². The van der Waals surface area contributed by atoms with Crippen LogP contribution in [0.5, 0.6) is 5.75 Å². The number of ether oxygens (including phenoxy) is 1. The van der Waals surface area contributed by atoms with Gasteiger partial charge in [-0.25, -0.2) is 0 Å². The molecule has 0 radical (unpaired) electrons. The van der Waals surface area contributed by atoms with Crippen molar-refractivity contribution in [3.05, 3.63) is 28.3 Å². The largest absolute Gasteiger partial charge is 0.482 e. The number of nitro groups is 1. The first-order chi connectivity index (χ1) is 12.5. The third-order valence-electron chi connectivity index (χ3n) is 5.44. The number of benzene rings is 1. The van der Waals surface area contributed by atoms with Crippen LogP contribution in [0.25, 0.3) is 0 Å². The Labute approximate surface area is 150 Å². The summed E-state index contributed by atoms with van der Waals surface area (Å²) in [4.78, 5) is 38.8. The molecule has 2 aliphatic carbocycles. The highest BCUT2D eigenvalue weighted by Crippen LogP contribution is 2.47. The molecule has 1 heterocycles. The highest BCUT2D eigenvalue weighted by atomic mass is 16.6. The average molecular weight is 359 g/mol. The Hall–Kier alpha value is -2.64. The molecule has 3 aliphatic rings. The molecular weight excluding hydrogens is 338 g/mol. The number of hydrogen-bond acceptors (Lipinski definition) is 5. The Bertz CT molecular complexity index is 760. The molecule has 0 aromatic heterocycles. The Morgan fingerprint density at radius 1 is 1.35 bits per heavy atom. The number of nitro benzene ring substituents is 1. The second kappa shape index (κ2) is 6.26. The van der Waals surface area contributed by atoms with Crippen molar-refractivity contribution in [2.24, 2.45) is 11.8 Å². The molecule has 8 heteroatoms. The van der Waals surface area contributed by atoms with E-state index in [4.69, 9.17) is 4.74 Å². The predicted octanol–water partition coefficient (Wildman–Crippen LogP) is 1.97. The van der Waals surface area contributed by atoms with Gasteiger partial charge in [-0.05, 0) is 43.6 Å². The standard InChI is InChI=1S/C18H21N3O5/c1-19(18(11-2-3-11)12-4-5-12)16(22)9-20-14-8-13(21(24)25)6-7-15(14)26-10-17(20)23/h6-8,11-12,18H,2-5,9-10H2,1H3. The molecule has 1 aliphatic heterocycles. The van der Waals surface area contributed by atoms with Crippen LogP contribution in [0.2, 0.25) is 0 Å². The van der Waals surface area contributed by atoms with Crippen LogP contribution in [0, 0.1) is 22.0 Å². The van der Waals surface area contributed by atoms with Gasteiger partial charge in [-0.3, -0.25) is 24.6 Å². The third-order valence-corrected chi connectivity index (χ3v) is 5.44. The van der Waals surface area contributed by atoms with E-state index in [1.165, 1.54) is 23.1 Å². The van der Waals surface area contributed by atoms with Gasteiger partial charge in [-0.15, -0.1) is 0 Å². The lowest BCUT2D eigenvalue weighted by molar-refractivity contribution is -0.384. The van der Waals surface area contributed by atoms with Gasteiger partial charge in [-0.2, -0.15) is 0 Å². The van der Waals surface area contributed by atoms with Crippen molar-refractivity contribution in [3.63, 3.8) is 0 Å². The van der Waals surface area contributed by atoms with Crippen molar-refractivity contribution < 1.29 is 19.2 Å². The van der Waals surface area contributed by atoms with Gasteiger partial charge in [-0.1, -0.05) is 0 Å². The molecule has 2 amide bonds. The summed E-state index contributed by atoms with van der Waals surface area (Å²) >= 11 is 0. The average Bonchev–Trinajstić information content (AvgIpc) is 3.51. The Morgan fingerprint density at radius 3 is 2.58 bits per heavy atom. The van der Waals surface area contributed by atoms with E-state index in [9.17, 15) is 19.7 Å². The summed E-state index contributed by atoms with van der Waals surface area (Å²) in [5.41, 5.74) is 0.147. The van der Waals surface area contributed by atoms with Crippen molar-refractivity contribution in [2.75, 3.05) is 25.1 Å². The molecule has 8 nitrogen and oxygen atoms in total. The quantitative estimate of drug-likeness (QED) is 0.572. The summed E-state index contributed by atoms with van der Waals surface area (Å²) in [5, 5.41) is 11.0. The first kappa shape index (κ1) is 16.8. The second-order valence-electron chi connectivity index (χ2n) is 7.35. The number of nitrogens with zero attached hydrogens (tertiary/aromatic N) is 3. The van der Waals surface area contributed by atoms with Crippen LogP contribution >= 0.6 is 0 Å². The van der Waals surface area contributed by atoms with Gasteiger partial charge in [0.25, 0.3) is 11.6 Å². The zero-order valence-corrected chi connectivity index (χ0v) is 14.6. The van der Waals surface area contributed by atoms with E-state index in [1.807, 2.05) is 7.05 Å². The van der Waals surface area contributed by atoms with E-state index in [0.717, 1.165) is 25.7 Å². The van der Waals surface area contributed by atoms with E-state index < -0.39 is 4.92 Å². The second-order valence-corrected chi connectivity index (χ2v) is 7.35. The van der Waals surface area contributed by atoms with Gasteiger partial charge < -0.3 is 9.64 Å². The Morgan fingerprint density at radius 2 is 2.00 bits per heavy atom. The first-order valence-electron chi connectivity index (χ1n) is 8.93. The van der Waals surface area contributed by atoms with Gasteiger partial charge >= 0.3 is 0 Å². The smallest absolute Gasteiger partial charge is 0.271 e. The number of amides is 2. The summed E-state index contributed by atoms with van der Waals surface area (Å²) < 4.78 is 5.35. The van der Waals surface area contributed by atoms with E-state index >= 15 is 0 Å². The lowest BCUT2D eigenvalue weighted by Crippen LogP contribution is -2.49. The van der Waals surface area contributed by atoms with Crippen LogP contribution in [-0.2, 0) is 9.59 Å². The van der Waals surface area contributed by atoms with E-state index in [0.29, 0.717) is 17.6 Å². The van der Waals surface area contributed by atoms with Crippen molar-refractivity contribution in [2.45, 2.75) is 31.7 Å². The SMILES string of the molecule is CN(C(=O)CN1C(=O)COc2ccc([N+](=O)[O-])cc21)C(C1CC1)C1CC1. The number of fused-ring (bicyclic) bond motifs is 1. The van der Waals surface area contributed by atoms with Crippen LogP contribution in [-0.4, -0.2) is 47.9 Å². The fourth-order valence-corrected chi connectivity index (χ4v) is 3.78. The van der Waals surface area contributed by atoms with Crippen LogP contribution in [0.3, 0.4) is 0 Å². The zero-order valence-electron chi connectivity index (χ0n) is 14.6. The molecule has 138 valence electrons. The molecule has 1 aromatic rings. The molecule has 0 atom stereocenters. The number of likely N-dealkylation sites (N-methyl/N-ethyl adjacent to an activating group) is 1. The molecule has 26 heavy (non-hydrogen) atoms. The number of carbonyl (C=O) groups is 2. The monoisotopic (exact) mass is 359 g/mol. The molecule has 2 fully saturated rings. The fraction of sp³-hybridized carbons (Fsp3) is 0.556. The molecule has 0 bridgehead atoms. The topological polar surface area (TPSA) is 93.0 Å². The van der Waals surface area contributed by atoms with Crippen LogP contribution in [0.4, 0.5) is 11.4 Å². The Balaban J connectivity index is 1.55. The third kappa shape index (κ3) is 3.11. The fourth-order valence-electron chi connectivity index (χ4n) is 3.78. The van der Waals surface area contributed by atoms with E-state index in [2.05, 4.69) is 0 Å². The normalized spacial score (nSPS) is 19.2. The molecule has 0 saturated heterocycles. The summed E-state index contributed by atoms with van der Waals surface area (Å²) in [6.07, 6.45) is 4.63. The highest BCUT2D eigenvalue weighted by Gasteiger charge is 2.45. The van der Waals surface area contributed by atoms with Gasteiger partial charge in [0.15, 0.2) is 6.61 Å². The maximum absolute atomic E-state index is 12.8. The van der Waals surface area contributed by atoms with Crippen molar-refractivity contribution >= 4 is 23.2 Å². The minimum absolute atomic E-state index is 0.122. The number of non-ortho nitro benzene ring substituents is 1. The molecular formula is C18H21N3O5. The van der Waals surface area contributed by atoms with Gasteiger partial charge in [0.05, 0.1) is 10.6 Å². The minimum Gasteiger partial charge on any atom is -0.482 e. The predicted molar refractivity (Wildman–Crippen MR) is 93.0 cm³/mol. The zero-order chi connectivity index (χ0) is 18.4. The number of carbonyl (C=O) groups excluding carboxylic acids is 2. The molecule has 0 spiro atoms. The number of anilines is 1. The van der Waals surface area contributed by atoms with Gasteiger partial charge in [0, 0.05) is 25.2 Å². The van der Waals surface area contributed by atoms with Crippen LogP contribution in [0.15, 0.2) is 18.2 Å². The molecule has 4 rings (SSSR count). The maximum atomic E-state index is 12.8. The van der Waals surface area contributed by atoms with Crippen molar-refractivity contribution in [3.8, 4) is 5.75 Å². The van der Waals surface area contributed by atoms with Gasteiger partial charge in [0.2, 0.25) is 5.91 Å². The number of hydrogen-bond donors (Lipinski definition) is 0. The molecule has 0 unspecified atom stereocenters. The van der Waals surface area contributed by atoms with Crippen LogP contribution in [0.1, 0.15) is 25.7 Å². The highest BCUT2D eigenvalue weighted by molar-refractivity contribution is 6.02. The Kier molecular flexibility index (Phi) is 4.05.